The van der Waals surface area contributed by atoms with Crippen molar-refractivity contribution in [3.05, 3.63) is 65.2 Å². The van der Waals surface area contributed by atoms with E-state index in [9.17, 15) is 5.11 Å². The van der Waals surface area contributed by atoms with Gasteiger partial charge in [-0.2, -0.15) is 0 Å². The van der Waals surface area contributed by atoms with E-state index in [0.717, 1.165) is 17.9 Å². The van der Waals surface area contributed by atoms with E-state index in [1.54, 1.807) is 0 Å². The summed E-state index contributed by atoms with van der Waals surface area (Å²) in [7, 11) is 0. The van der Waals surface area contributed by atoms with Crippen molar-refractivity contribution >= 4 is 0 Å². The van der Waals surface area contributed by atoms with Crippen molar-refractivity contribution in [2.75, 3.05) is 13.2 Å². The highest BCUT2D eigenvalue weighted by Gasteiger charge is 2.24. The second-order valence-corrected chi connectivity index (χ2v) is 7.82. The van der Waals surface area contributed by atoms with E-state index in [2.05, 4.69) is 56.9 Å². The average molecular weight is 341 g/mol. The lowest BCUT2D eigenvalue weighted by molar-refractivity contribution is 0.0284. The Hall–Kier alpha value is -1.84. The topological polar surface area (TPSA) is 32.7 Å². The normalized spacial score (nSPS) is 13.1. The van der Waals surface area contributed by atoms with Gasteiger partial charge in [0.05, 0.1) is 0 Å². The van der Waals surface area contributed by atoms with Gasteiger partial charge in [-0.25, -0.2) is 0 Å². The molecule has 0 aliphatic heterocycles. The van der Waals surface area contributed by atoms with Crippen LogP contribution in [0.2, 0.25) is 0 Å². The van der Waals surface area contributed by atoms with Gasteiger partial charge in [0, 0.05) is 18.6 Å². The molecule has 0 spiro atoms. The van der Waals surface area contributed by atoms with Crippen LogP contribution in [0.15, 0.2) is 48.5 Å². The summed E-state index contributed by atoms with van der Waals surface area (Å²) in [4.78, 5) is 2.29. The van der Waals surface area contributed by atoms with Gasteiger partial charge in [0.25, 0.3) is 0 Å². The Kier molecular flexibility index (Phi) is 6.63. The van der Waals surface area contributed by atoms with E-state index in [1.807, 2.05) is 31.2 Å². The summed E-state index contributed by atoms with van der Waals surface area (Å²) in [6.07, 6.45) is -0.537. The lowest BCUT2D eigenvalue weighted by Crippen LogP contribution is -2.46. The molecule has 0 aromatic heterocycles. The summed E-state index contributed by atoms with van der Waals surface area (Å²) >= 11 is 0. The van der Waals surface area contributed by atoms with Gasteiger partial charge in [0.15, 0.2) is 0 Å². The summed E-state index contributed by atoms with van der Waals surface area (Å²) < 4.78 is 5.75. The van der Waals surface area contributed by atoms with Gasteiger partial charge in [-0.05, 0) is 57.9 Å². The zero-order valence-corrected chi connectivity index (χ0v) is 16.1. The molecule has 0 fully saturated rings. The largest absolute Gasteiger partial charge is 0.491 e. The Bertz CT molecular complexity index is 658. The zero-order chi connectivity index (χ0) is 18.4. The first kappa shape index (κ1) is 19.5. The van der Waals surface area contributed by atoms with Crippen LogP contribution < -0.4 is 4.74 Å². The van der Waals surface area contributed by atoms with E-state index in [4.69, 9.17) is 4.74 Å². The maximum atomic E-state index is 10.5. The van der Waals surface area contributed by atoms with E-state index in [1.165, 1.54) is 11.1 Å². The van der Waals surface area contributed by atoms with Gasteiger partial charge < -0.3 is 9.84 Å². The first-order valence-corrected chi connectivity index (χ1v) is 8.92. The molecule has 1 unspecified atom stereocenters. The number of benzene rings is 2. The van der Waals surface area contributed by atoms with Crippen molar-refractivity contribution in [3.63, 3.8) is 0 Å². The molecule has 136 valence electrons. The van der Waals surface area contributed by atoms with Gasteiger partial charge in [0.1, 0.15) is 18.5 Å². The van der Waals surface area contributed by atoms with Gasteiger partial charge in [0.2, 0.25) is 0 Å². The number of rotatable bonds is 7. The standard InChI is InChI=1S/C22H31NO2/c1-17-9-11-19(12-10-17)14-23(22(3,4)5)15-20(24)16-25-21-8-6-7-18(2)13-21/h6-13,20,24H,14-16H2,1-5H3. The van der Waals surface area contributed by atoms with Crippen molar-refractivity contribution in [3.8, 4) is 5.75 Å². The molecule has 2 aromatic carbocycles. The number of β-amino-alcohol motifs (C(OH)–C–C–N with tert-alkyl or cyclic N) is 1. The molecule has 2 aromatic rings. The molecule has 0 heterocycles. The number of aliphatic hydroxyl groups excluding tert-OH is 1. The van der Waals surface area contributed by atoms with Gasteiger partial charge >= 0.3 is 0 Å². The second-order valence-electron chi connectivity index (χ2n) is 7.82. The molecule has 0 amide bonds. The van der Waals surface area contributed by atoms with Crippen LogP contribution in [-0.2, 0) is 6.54 Å². The Morgan fingerprint density at radius 3 is 2.28 bits per heavy atom. The summed E-state index contributed by atoms with van der Waals surface area (Å²) in [6, 6.07) is 16.5. The molecular formula is C22H31NO2. The molecule has 25 heavy (non-hydrogen) atoms. The first-order valence-electron chi connectivity index (χ1n) is 8.92. The SMILES string of the molecule is Cc1ccc(CN(CC(O)COc2cccc(C)c2)C(C)(C)C)cc1. The summed E-state index contributed by atoms with van der Waals surface area (Å²) in [6.45, 7) is 12.3. The Morgan fingerprint density at radius 2 is 1.68 bits per heavy atom. The van der Waals surface area contributed by atoms with Crippen molar-refractivity contribution in [1.29, 1.82) is 0 Å². The molecule has 1 N–H and O–H groups in total. The predicted molar refractivity (Wildman–Crippen MR) is 104 cm³/mol. The smallest absolute Gasteiger partial charge is 0.119 e. The minimum Gasteiger partial charge on any atom is -0.491 e. The average Bonchev–Trinajstić information content (AvgIpc) is 2.53. The van der Waals surface area contributed by atoms with Crippen LogP contribution in [0.1, 0.15) is 37.5 Å². The number of ether oxygens (including phenoxy) is 1. The van der Waals surface area contributed by atoms with E-state index < -0.39 is 6.10 Å². The van der Waals surface area contributed by atoms with Gasteiger partial charge in [-0.3, -0.25) is 4.90 Å². The molecule has 0 aliphatic carbocycles. The predicted octanol–water partition coefficient (Wildman–Crippen LogP) is 4.34. The van der Waals surface area contributed by atoms with Gasteiger partial charge in [-0.1, -0.05) is 42.0 Å². The van der Waals surface area contributed by atoms with Crippen LogP contribution in [0.25, 0.3) is 0 Å². The Morgan fingerprint density at radius 1 is 1.00 bits per heavy atom. The molecule has 0 saturated heterocycles. The molecule has 0 radical (unpaired) electrons. The number of hydrogen-bond donors (Lipinski definition) is 1. The fourth-order valence-electron chi connectivity index (χ4n) is 2.69. The quantitative estimate of drug-likeness (QED) is 0.813. The van der Waals surface area contributed by atoms with Crippen LogP contribution in [0.5, 0.6) is 5.75 Å². The Labute approximate surface area is 152 Å². The molecular weight excluding hydrogens is 310 g/mol. The zero-order valence-electron chi connectivity index (χ0n) is 16.1. The lowest BCUT2D eigenvalue weighted by atomic mass is 10.0. The molecule has 0 saturated carbocycles. The van der Waals surface area contributed by atoms with E-state index >= 15 is 0 Å². The van der Waals surface area contributed by atoms with Crippen LogP contribution in [0.3, 0.4) is 0 Å². The maximum Gasteiger partial charge on any atom is 0.119 e. The number of hydrogen-bond acceptors (Lipinski definition) is 3. The van der Waals surface area contributed by atoms with Gasteiger partial charge in [-0.15, -0.1) is 0 Å². The molecule has 3 heteroatoms. The number of nitrogens with zero attached hydrogens (tertiary/aromatic N) is 1. The van der Waals surface area contributed by atoms with Crippen LogP contribution in [0.4, 0.5) is 0 Å². The van der Waals surface area contributed by atoms with Crippen LogP contribution in [-0.4, -0.2) is 34.8 Å². The van der Waals surface area contributed by atoms with Crippen LogP contribution >= 0.6 is 0 Å². The summed E-state index contributed by atoms with van der Waals surface area (Å²) in [5, 5.41) is 10.5. The molecule has 0 aliphatic rings. The summed E-state index contributed by atoms with van der Waals surface area (Å²) in [5.41, 5.74) is 3.64. The molecule has 2 rings (SSSR count). The first-order chi connectivity index (χ1) is 11.7. The monoisotopic (exact) mass is 341 g/mol. The third-order valence-corrected chi connectivity index (χ3v) is 4.31. The Balaban J connectivity index is 1.95. The fourth-order valence-corrected chi connectivity index (χ4v) is 2.69. The lowest BCUT2D eigenvalue weighted by Gasteiger charge is -2.37. The second kappa shape index (κ2) is 8.50. The van der Waals surface area contributed by atoms with E-state index in [-0.39, 0.29) is 5.54 Å². The van der Waals surface area contributed by atoms with Crippen molar-refractivity contribution in [2.45, 2.75) is 52.8 Å². The third-order valence-electron chi connectivity index (χ3n) is 4.31. The highest BCUT2D eigenvalue weighted by Crippen LogP contribution is 2.19. The van der Waals surface area contributed by atoms with Crippen molar-refractivity contribution in [2.24, 2.45) is 0 Å². The molecule has 3 nitrogen and oxygen atoms in total. The number of aryl methyl sites for hydroxylation is 2. The minimum atomic E-state index is -0.537. The number of aliphatic hydroxyl groups is 1. The minimum absolute atomic E-state index is 0.0325. The fraction of sp³-hybridized carbons (Fsp3) is 0.455. The van der Waals surface area contributed by atoms with Crippen molar-refractivity contribution < 1.29 is 9.84 Å². The molecule has 1 atom stereocenters. The molecule has 0 bridgehead atoms. The van der Waals surface area contributed by atoms with Crippen LogP contribution in [0, 0.1) is 13.8 Å². The highest BCUT2D eigenvalue weighted by atomic mass is 16.5. The maximum absolute atomic E-state index is 10.5. The third kappa shape index (κ3) is 6.52. The highest BCUT2D eigenvalue weighted by molar-refractivity contribution is 5.27. The van der Waals surface area contributed by atoms with E-state index in [0.29, 0.717) is 13.2 Å². The van der Waals surface area contributed by atoms with Crippen molar-refractivity contribution in [1.82, 2.24) is 4.90 Å². The summed E-state index contributed by atoms with van der Waals surface area (Å²) in [5.74, 6) is 0.805.